The molecule has 0 aromatic heterocycles. The summed E-state index contributed by atoms with van der Waals surface area (Å²) in [4.78, 5) is 10.8. The summed E-state index contributed by atoms with van der Waals surface area (Å²) in [6.45, 7) is 0.339. The van der Waals surface area contributed by atoms with Gasteiger partial charge in [0.1, 0.15) is 29.1 Å². The lowest BCUT2D eigenvalue weighted by Crippen LogP contribution is -2.39. The molecule has 0 radical (unpaired) electrons. The average molecular weight is 464 g/mol. The highest BCUT2D eigenvalue weighted by Crippen LogP contribution is 2.33. The first-order valence-corrected chi connectivity index (χ1v) is 12.4. The fourth-order valence-corrected chi connectivity index (χ4v) is 4.74. The minimum Gasteiger partial charge on any atom is -0.507 e. The van der Waals surface area contributed by atoms with Crippen LogP contribution in [-0.2, 0) is 9.84 Å². The maximum absolute atomic E-state index is 11.7. The molecule has 1 aliphatic carbocycles. The number of rotatable bonds is 9. The van der Waals surface area contributed by atoms with Crippen LogP contribution in [0.15, 0.2) is 47.4 Å². The number of sulfone groups is 1. The highest BCUT2D eigenvalue weighted by Gasteiger charge is 2.23. The molecule has 0 spiro atoms. The number of ether oxygens (including phenoxy) is 1. The maximum Gasteiger partial charge on any atom is 0.335 e. The van der Waals surface area contributed by atoms with E-state index in [2.05, 4.69) is 5.32 Å². The molecule has 1 saturated carbocycles. The first-order chi connectivity index (χ1) is 15.1. The minimum atomic E-state index is -3.58. The van der Waals surface area contributed by atoms with Gasteiger partial charge in [0, 0.05) is 24.9 Å². The zero-order valence-electron chi connectivity index (χ0n) is 17.9. The number of hydrogen-bond acceptors (Lipinski definition) is 7. The van der Waals surface area contributed by atoms with E-state index in [4.69, 9.17) is 9.84 Å². The number of carbonyl (C=O) groups is 1. The number of nitrogens with one attached hydrogen (secondary N) is 1. The lowest BCUT2D eigenvalue weighted by Gasteiger charge is -2.30. The standard InChI is InChI=1S/C23H29NO7S/c1-32(29,30)22-12-20(10-11-21(22)26)31-14-19(25)13-24-18-8-6-16(7-9-18)15-2-4-17(5-3-15)23(27)28/h2-5,10-12,16,18-19,24-26H,6-9,13-14H2,1H3,(H,27,28)/t16?,18?,19-/m0/s1. The molecule has 9 heteroatoms. The number of aliphatic hydroxyl groups is 1. The van der Waals surface area contributed by atoms with Crippen LogP contribution in [0.1, 0.15) is 47.5 Å². The molecule has 0 unspecified atom stereocenters. The van der Waals surface area contributed by atoms with Crippen LogP contribution in [0.2, 0.25) is 0 Å². The molecular formula is C23H29NO7S. The minimum absolute atomic E-state index is 0.00769. The quantitative estimate of drug-likeness (QED) is 0.446. The van der Waals surface area contributed by atoms with Crippen molar-refractivity contribution >= 4 is 15.8 Å². The Morgan fingerprint density at radius 1 is 1.12 bits per heavy atom. The molecule has 1 fully saturated rings. The molecule has 0 saturated heterocycles. The molecule has 174 valence electrons. The molecule has 1 aliphatic rings. The third-order valence-corrected chi connectivity index (χ3v) is 6.90. The number of hydrogen-bond donors (Lipinski definition) is 4. The van der Waals surface area contributed by atoms with Crippen molar-refractivity contribution in [2.45, 2.75) is 48.6 Å². The van der Waals surface area contributed by atoms with Crippen molar-refractivity contribution in [2.24, 2.45) is 0 Å². The second-order valence-corrected chi connectivity index (χ2v) is 10.2. The van der Waals surface area contributed by atoms with E-state index in [1.807, 2.05) is 12.1 Å². The Hall–Kier alpha value is -2.62. The Kier molecular flexibility index (Phi) is 7.76. The van der Waals surface area contributed by atoms with Crippen LogP contribution in [0.4, 0.5) is 0 Å². The highest BCUT2D eigenvalue weighted by molar-refractivity contribution is 7.90. The van der Waals surface area contributed by atoms with E-state index in [1.165, 1.54) is 18.2 Å². The monoisotopic (exact) mass is 463 g/mol. The number of benzene rings is 2. The predicted octanol–water partition coefficient (Wildman–Crippen LogP) is 2.55. The summed E-state index contributed by atoms with van der Waals surface area (Å²) < 4.78 is 28.8. The fourth-order valence-electron chi connectivity index (χ4n) is 3.96. The molecule has 3 rings (SSSR count). The van der Waals surface area contributed by atoms with E-state index in [-0.39, 0.29) is 29.0 Å². The van der Waals surface area contributed by atoms with E-state index in [9.17, 15) is 23.4 Å². The molecule has 4 N–H and O–H groups in total. The summed E-state index contributed by atoms with van der Waals surface area (Å²) in [5.41, 5.74) is 1.45. The van der Waals surface area contributed by atoms with Gasteiger partial charge in [-0.05, 0) is 61.4 Å². The Bertz CT molecular complexity index is 1030. The highest BCUT2D eigenvalue weighted by atomic mass is 32.2. The number of carboxylic acids is 1. The van der Waals surface area contributed by atoms with E-state index in [0.717, 1.165) is 37.5 Å². The van der Waals surface area contributed by atoms with Gasteiger partial charge in [-0.2, -0.15) is 0 Å². The summed E-state index contributed by atoms with van der Waals surface area (Å²) in [6, 6.07) is 11.3. The van der Waals surface area contributed by atoms with Crippen molar-refractivity contribution in [1.29, 1.82) is 0 Å². The van der Waals surface area contributed by atoms with Gasteiger partial charge in [0.15, 0.2) is 9.84 Å². The molecule has 0 heterocycles. The van der Waals surface area contributed by atoms with Crippen LogP contribution in [0.3, 0.4) is 0 Å². The smallest absolute Gasteiger partial charge is 0.335 e. The van der Waals surface area contributed by atoms with Crippen molar-refractivity contribution in [3.63, 3.8) is 0 Å². The van der Waals surface area contributed by atoms with Gasteiger partial charge in [-0.1, -0.05) is 12.1 Å². The number of carboxylic acid groups (broad SMARTS) is 1. The Labute approximate surface area is 187 Å². The number of aliphatic hydroxyl groups excluding tert-OH is 1. The van der Waals surface area contributed by atoms with Gasteiger partial charge in [-0.15, -0.1) is 0 Å². The second-order valence-electron chi connectivity index (χ2n) is 8.25. The second kappa shape index (κ2) is 10.3. The predicted molar refractivity (Wildman–Crippen MR) is 119 cm³/mol. The third kappa shape index (κ3) is 6.44. The van der Waals surface area contributed by atoms with Gasteiger partial charge in [0.25, 0.3) is 0 Å². The Balaban J connectivity index is 1.42. The SMILES string of the molecule is CS(=O)(=O)c1cc(OC[C@@H](O)CNC2CCC(c3ccc(C(=O)O)cc3)CC2)ccc1O. The summed E-state index contributed by atoms with van der Waals surface area (Å²) in [6.07, 6.45) is 4.11. The van der Waals surface area contributed by atoms with Crippen LogP contribution in [0.5, 0.6) is 11.5 Å². The zero-order valence-corrected chi connectivity index (χ0v) is 18.7. The normalized spacial score (nSPS) is 19.9. The molecule has 1 atom stereocenters. The lowest BCUT2D eigenvalue weighted by atomic mass is 9.81. The van der Waals surface area contributed by atoms with Crippen LogP contribution >= 0.6 is 0 Å². The van der Waals surface area contributed by atoms with Gasteiger partial charge >= 0.3 is 5.97 Å². The van der Waals surface area contributed by atoms with Crippen molar-refractivity contribution in [3.8, 4) is 11.5 Å². The van der Waals surface area contributed by atoms with Crippen molar-refractivity contribution in [1.82, 2.24) is 5.32 Å². The van der Waals surface area contributed by atoms with Crippen molar-refractivity contribution in [2.75, 3.05) is 19.4 Å². The summed E-state index contributed by atoms with van der Waals surface area (Å²) in [5, 5.41) is 32.3. The van der Waals surface area contributed by atoms with Crippen LogP contribution in [-0.4, -0.2) is 61.3 Å². The Morgan fingerprint density at radius 3 is 2.38 bits per heavy atom. The van der Waals surface area contributed by atoms with E-state index in [0.29, 0.717) is 18.0 Å². The molecule has 32 heavy (non-hydrogen) atoms. The van der Waals surface area contributed by atoms with E-state index < -0.39 is 21.9 Å². The summed E-state index contributed by atoms with van der Waals surface area (Å²) >= 11 is 0. The van der Waals surface area contributed by atoms with Gasteiger partial charge in [-0.3, -0.25) is 0 Å². The fraction of sp³-hybridized carbons (Fsp3) is 0.435. The first kappa shape index (κ1) is 24.0. The molecule has 2 aromatic rings. The summed E-state index contributed by atoms with van der Waals surface area (Å²) in [5.74, 6) is -0.594. The van der Waals surface area contributed by atoms with E-state index in [1.54, 1.807) is 12.1 Å². The van der Waals surface area contributed by atoms with Crippen molar-refractivity contribution in [3.05, 3.63) is 53.6 Å². The summed E-state index contributed by atoms with van der Waals surface area (Å²) in [7, 11) is -3.58. The maximum atomic E-state index is 11.7. The lowest BCUT2D eigenvalue weighted by molar-refractivity contribution is 0.0696. The van der Waals surface area contributed by atoms with Gasteiger partial charge in [0.05, 0.1) is 5.56 Å². The van der Waals surface area contributed by atoms with Gasteiger partial charge < -0.3 is 25.4 Å². The average Bonchev–Trinajstić information content (AvgIpc) is 2.76. The molecular weight excluding hydrogens is 434 g/mol. The van der Waals surface area contributed by atoms with E-state index >= 15 is 0 Å². The molecule has 0 aliphatic heterocycles. The van der Waals surface area contributed by atoms with Crippen LogP contribution in [0, 0.1) is 0 Å². The third-order valence-electron chi connectivity index (χ3n) is 5.77. The molecule has 0 amide bonds. The van der Waals surface area contributed by atoms with Crippen LogP contribution in [0.25, 0.3) is 0 Å². The van der Waals surface area contributed by atoms with Gasteiger partial charge in [-0.25, -0.2) is 13.2 Å². The number of aromatic hydroxyl groups is 1. The largest absolute Gasteiger partial charge is 0.507 e. The molecule has 8 nitrogen and oxygen atoms in total. The topological polar surface area (TPSA) is 133 Å². The number of phenols is 1. The Morgan fingerprint density at radius 2 is 1.78 bits per heavy atom. The number of aromatic carboxylic acids is 1. The van der Waals surface area contributed by atoms with Crippen LogP contribution < -0.4 is 10.1 Å². The number of phenolic OH excluding ortho intramolecular Hbond substituents is 1. The van der Waals surface area contributed by atoms with Gasteiger partial charge in [0.2, 0.25) is 0 Å². The first-order valence-electron chi connectivity index (χ1n) is 10.5. The zero-order chi connectivity index (χ0) is 23.3. The molecule has 2 aromatic carbocycles. The molecule has 0 bridgehead atoms. The van der Waals surface area contributed by atoms with Crippen molar-refractivity contribution < 1.29 is 33.3 Å².